The second kappa shape index (κ2) is 6.55. The number of anilines is 1. The van der Waals surface area contributed by atoms with Crippen molar-refractivity contribution >= 4 is 17.5 Å². The lowest BCUT2D eigenvalue weighted by Gasteiger charge is -2.18. The molecule has 1 rings (SSSR count). The SMILES string of the molecule is CNc1ccnc(CN(CC(N)=O)CC(N)=O)c1. The van der Waals surface area contributed by atoms with Crippen molar-refractivity contribution in [1.29, 1.82) is 0 Å². The van der Waals surface area contributed by atoms with Gasteiger partial charge in [-0.15, -0.1) is 0 Å². The molecular formula is C11H17N5O2. The molecule has 1 aromatic heterocycles. The minimum Gasteiger partial charge on any atom is -0.388 e. The van der Waals surface area contributed by atoms with Crippen molar-refractivity contribution in [2.24, 2.45) is 11.5 Å². The first-order valence-electron chi connectivity index (χ1n) is 5.43. The second-order valence-electron chi connectivity index (χ2n) is 3.86. The lowest BCUT2D eigenvalue weighted by atomic mass is 10.3. The monoisotopic (exact) mass is 251 g/mol. The summed E-state index contributed by atoms with van der Waals surface area (Å²) in [5.41, 5.74) is 11.9. The number of carbonyl (C=O) groups is 2. The zero-order chi connectivity index (χ0) is 13.5. The Morgan fingerprint density at radius 3 is 2.44 bits per heavy atom. The fourth-order valence-corrected chi connectivity index (χ4v) is 1.56. The van der Waals surface area contributed by atoms with Gasteiger partial charge in [-0.1, -0.05) is 0 Å². The van der Waals surface area contributed by atoms with Crippen molar-refractivity contribution in [2.45, 2.75) is 6.54 Å². The summed E-state index contributed by atoms with van der Waals surface area (Å²) in [6.45, 7) is 0.268. The molecule has 1 aromatic rings. The molecule has 0 aliphatic rings. The van der Waals surface area contributed by atoms with Gasteiger partial charge in [0, 0.05) is 25.5 Å². The van der Waals surface area contributed by atoms with Crippen molar-refractivity contribution < 1.29 is 9.59 Å². The molecule has 7 heteroatoms. The van der Waals surface area contributed by atoms with Gasteiger partial charge < -0.3 is 16.8 Å². The van der Waals surface area contributed by atoms with E-state index in [-0.39, 0.29) is 13.1 Å². The highest BCUT2D eigenvalue weighted by Gasteiger charge is 2.12. The Labute approximate surface area is 105 Å². The van der Waals surface area contributed by atoms with Crippen molar-refractivity contribution in [2.75, 3.05) is 25.5 Å². The summed E-state index contributed by atoms with van der Waals surface area (Å²) in [5.74, 6) is -1.03. The summed E-state index contributed by atoms with van der Waals surface area (Å²) in [6, 6.07) is 3.64. The van der Waals surface area contributed by atoms with Gasteiger partial charge in [0.05, 0.1) is 18.8 Å². The number of nitrogens with one attached hydrogen (secondary N) is 1. The summed E-state index contributed by atoms with van der Waals surface area (Å²) in [6.07, 6.45) is 1.65. The Morgan fingerprint density at radius 1 is 1.33 bits per heavy atom. The normalized spacial score (nSPS) is 10.3. The Bertz CT molecular complexity index is 419. The van der Waals surface area contributed by atoms with Crippen LogP contribution in [0.2, 0.25) is 0 Å². The molecule has 2 amide bonds. The number of nitrogens with zero attached hydrogens (tertiary/aromatic N) is 2. The molecule has 0 atom stereocenters. The summed E-state index contributed by atoms with van der Waals surface area (Å²) >= 11 is 0. The predicted octanol–water partition coefficient (Wildman–Crippen LogP) is -1.10. The van der Waals surface area contributed by atoms with E-state index in [9.17, 15) is 9.59 Å². The molecule has 98 valence electrons. The number of hydrogen-bond donors (Lipinski definition) is 3. The zero-order valence-corrected chi connectivity index (χ0v) is 10.2. The van der Waals surface area contributed by atoms with E-state index in [1.54, 1.807) is 18.1 Å². The summed E-state index contributed by atoms with van der Waals surface area (Å²) < 4.78 is 0. The standard InChI is InChI=1S/C11H17N5O2/c1-14-8-2-3-15-9(4-8)5-16(6-10(12)17)7-11(13)18/h2-4H,5-7H2,1H3,(H2,12,17)(H2,13,18)(H,14,15). The van der Waals surface area contributed by atoms with E-state index in [2.05, 4.69) is 10.3 Å². The molecule has 0 fully saturated rings. The number of pyridine rings is 1. The van der Waals surface area contributed by atoms with Gasteiger partial charge in [0.25, 0.3) is 0 Å². The van der Waals surface area contributed by atoms with E-state index >= 15 is 0 Å². The molecular weight excluding hydrogens is 234 g/mol. The third-order valence-corrected chi connectivity index (χ3v) is 2.25. The molecule has 0 saturated heterocycles. The van der Waals surface area contributed by atoms with E-state index in [1.807, 2.05) is 12.1 Å². The van der Waals surface area contributed by atoms with Crippen LogP contribution in [0.25, 0.3) is 0 Å². The van der Waals surface area contributed by atoms with Crippen LogP contribution in [-0.2, 0) is 16.1 Å². The number of hydrogen-bond acceptors (Lipinski definition) is 5. The lowest BCUT2D eigenvalue weighted by molar-refractivity contribution is -0.122. The Hall–Kier alpha value is -2.15. The van der Waals surface area contributed by atoms with Crippen LogP contribution in [0.5, 0.6) is 0 Å². The summed E-state index contributed by atoms with van der Waals surface area (Å²) in [4.78, 5) is 27.5. The molecule has 0 saturated carbocycles. The maximum absolute atomic E-state index is 10.9. The summed E-state index contributed by atoms with van der Waals surface area (Å²) in [5, 5.41) is 2.98. The van der Waals surface area contributed by atoms with Crippen LogP contribution in [-0.4, -0.2) is 41.8 Å². The molecule has 0 aliphatic carbocycles. The third kappa shape index (κ3) is 4.79. The molecule has 1 heterocycles. The highest BCUT2D eigenvalue weighted by atomic mass is 16.2. The fourth-order valence-electron chi connectivity index (χ4n) is 1.56. The number of primary amides is 2. The zero-order valence-electron chi connectivity index (χ0n) is 10.2. The van der Waals surface area contributed by atoms with E-state index < -0.39 is 11.8 Å². The molecule has 18 heavy (non-hydrogen) atoms. The highest BCUT2D eigenvalue weighted by molar-refractivity contribution is 5.79. The van der Waals surface area contributed by atoms with Gasteiger partial charge in [0.2, 0.25) is 11.8 Å². The maximum atomic E-state index is 10.9. The van der Waals surface area contributed by atoms with Gasteiger partial charge in [-0.3, -0.25) is 19.5 Å². The fraction of sp³-hybridized carbons (Fsp3) is 0.364. The number of carbonyl (C=O) groups excluding carboxylic acids is 2. The lowest BCUT2D eigenvalue weighted by Crippen LogP contribution is -2.39. The van der Waals surface area contributed by atoms with E-state index in [4.69, 9.17) is 11.5 Å². The van der Waals surface area contributed by atoms with Gasteiger partial charge in [-0.05, 0) is 12.1 Å². The van der Waals surface area contributed by atoms with E-state index in [0.29, 0.717) is 6.54 Å². The van der Waals surface area contributed by atoms with Crippen molar-refractivity contribution in [3.8, 4) is 0 Å². The second-order valence-corrected chi connectivity index (χ2v) is 3.86. The molecule has 0 radical (unpaired) electrons. The van der Waals surface area contributed by atoms with Gasteiger partial charge in [-0.25, -0.2) is 0 Å². The molecule has 7 nitrogen and oxygen atoms in total. The first-order chi connectivity index (χ1) is 8.51. The third-order valence-electron chi connectivity index (χ3n) is 2.25. The molecule has 0 aliphatic heterocycles. The van der Waals surface area contributed by atoms with E-state index in [0.717, 1.165) is 11.4 Å². The van der Waals surface area contributed by atoms with E-state index in [1.165, 1.54) is 0 Å². The first-order valence-corrected chi connectivity index (χ1v) is 5.43. The van der Waals surface area contributed by atoms with Gasteiger partial charge >= 0.3 is 0 Å². The number of aromatic nitrogens is 1. The first kappa shape index (κ1) is 13.9. The average molecular weight is 251 g/mol. The molecule has 0 aromatic carbocycles. The summed E-state index contributed by atoms with van der Waals surface area (Å²) in [7, 11) is 1.80. The van der Waals surface area contributed by atoms with Gasteiger partial charge in [0.15, 0.2) is 0 Å². The maximum Gasteiger partial charge on any atom is 0.231 e. The molecule has 0 bridgehead atoms. The van der Waals surface area contributed by atoms with Gasteiger partial charge in [-0.2, -0.15) is 0 Å². The van der Waals surface area contributed by atoms with Crippen LogP contribution >= 0.6 is 0 Å². The van der Waals surface area contributed by atoms with Crippen LogP contribution in [0.4, 0.5) is 5.69 Å². The van der Waals surface area contributed by atoms with Crippen LogP contribution in [0.3, 0.4) is 0 Å². The predicted molar refractivity (Wildman–Crippen MR) is 67.4 cm³/mol. The van der Waals surface area contributed by atoms with Crippen LogP contribution < -0.4 is 16.8 Å². The van der Waals surface area contributed by atoms with Crippen molar-refractivity contribution in [3.63, 3.8) is 0 Å². The number of amides is 2. The Kier molecular flexibility index (Phi) is 5.06. The Balaban J connectivity index is 2.74. The highest BCUT2D eigenvalue weighted by Crippen LogP contribution is 2.08. The Morgan fingerprint density at radius 2 is 1.94 bits per heavy atom. The topological polar surface area (TPSA) is 114 Å². The van der Waals surface area contributed by atoms with Crippen molar-refractivity contribution in [3.05, 3.63) is 24.0 Å². The van der Waals surface area contributed by atoms with Crippen LogP contribution in [0, 0.1) is 0 Å². The average Bonchev–Trinajstić information content (AvgIpc) is 2.27. The number of nitrogens with two attached hydrogens (primary N) is 2. The molecule has 0 spiro atoms. The van der Waals surface area contributed by atoms with Crippen LogP contribution in [0.15, 0.2) is 18.3 Å². The smallest absolute Gasteiger partial charge is 0.231 e. The van der Waals surface area contributed by atoms with Crippen LogP contribution in [0.1, 0.15) is 5.69 Å². The molecule has 5 N–H and O–H groups in total. The molecule has 0 unspecified atom stereocenters. The number of rotatable bonds is 7. The quantitative estimate of drug-likeness (QED) is 0.569. The minimum atomic E-state index is -0.513. The van der Waals surface area contributed by atoms with Gasteiger partial charge in [0.1, 0.15) is 0 Å². The van der Waals surface area contributed by atoms with Crippen molar-refractivity contribution in [1.82, 2.24) is 9.88 Å². The minimum absolute atomic E-state index is 0.0333. The largest absolute Gasteiger partial charge is 0.388 e.